The number of H-pyrrole nitrogens is 1. The number of hydrogen-bond acceptors (Lipinski definition) is 3. The van der Waals surface area contributed by atoms with Gasteiger partial charge in [0.05, 0.1) is 30.9 Å². The van der Waals surface area contributed by atoms with Crippen molar-refractivity contribution < 1.29 is 4.74 Å². The lowest BCUT2D eigenvalue weighted by atomic mass is 10.1. The van der Waals surface area contributed by atoms with E-state index in [9.17, 15) is 0 Å². The number of benzene rings is 1. The Kier molecular flexibility index (Phi) is 5.06. The second-order valence-corrected chi connectivity index (χ2v) is 6.41. The molecule has 1 saturated heterocycles. The van der Waals surface area contributed by atoms with Gasteiger partial charge in [0.1, 0.15) is 0 Å². The number of piperidine rings is 1. The van der Waals surface area contributed by atoms with Gasteiger partial charge in [-0.05, 0) is 30.5 Å². The molecule has 1 aromatic heterocycles. The molecule has 0 atom stereocenters. The standard InChI is InChI=1S/C16H20BrN3O/c17-14-3-1-13(2-4-14)10-20-7-5-16(6-8-20)21-11-15-9-18-12-19-15/h1-4,9,12,16H,5-8,10-11H2,(H,18,19). The maximum atomic E-state index is 5.94. The molecule has 3 rings (SSSR count). The normalized spacial score (nSPS) is 17.2. The third-order valence-corrected chi connectivity index (χ3v) is 4.41. The van der Waals surface area contributed by atoms with E-state index in [1.54, 1.807) is 6.33 Å². The van der Waals surface area contributed by atoms with Crippen LogP contribution in [0.25, 0.3) is 0 Å². The Balaban J connectivity index is 1.41. The molecule has 0 saturated carbocycles. The average molecular weight is 350 g/mol. The highest BCUT2D eigenvalue weighted by atomic mass is 79.9. The Labute approximate surface area is 133 Å². The van der Waals surface area contributed by atoms with Gasteiger partial charge in [-0.3, -0.25) is 4.90 Å². The zero-order valence-electron chi connectivity index (χ0n) is 12.0. The fourth-order valence-electron chi connectivity index (χ4n) is 2.65. The van der Waals surface area contributed by atoms with E-state index in [0.717, 1.165) is 42.6 Å². The van der Waals surface area contributed by atoms with Crippen molar-refractivity contribution in [2.24, 2.45) is 0 Å². The quantitative estimate of drug-likeness (QED) is 0.899. The molecule has 1 N–H and O–H groups in total. The number of aromatic amines is 1. The predicted molar refractivity (Wildman–Crippen MR) is 85.8 cm³/mol. The summed E-state index contributed by atoms with van der Waals surface area (Å²) in [6.07, 6.45) is 6.09. The van der Waals surface area contributed by atoms with E-state index >= 15 is 0 Å². The molecule has 0 spiro atoms. The van der Waals surface area contributed by atoms with Crippen molar-refractivity contribution in [2.45, 2.75) is 32.1 Å². The van der Waals surface area contributed by atoms with Crippen molar-refractivity contribution in [1.82, 2.24) is 14.9 Å². The van der Waals surface area contributed by atoms with Gasteiger partial charge in [0.15, 0.2) is 0 Å². The highest BCUT2D eigenvalue weighted by molar-refractivity contribution is 9.10. The third kappa shape index (κ3) is 4.40. The van der Waals surface area contributed by atoms with Gasteiger partial charge in [-0.2, -0.15) is 0 Å². The first-order chi connectivity index (χ1) is 10.3. The first kappa shape index (κ1) is 14.8. The summed E-state index contributed by atoms with van der Waals surface area (Å²) in [6.45, 7) is 3.87. The van der Waals surface area contributed by atoms with Crippen molar-refractivity contribution in [3.8, 4) is 0 Å². The second kappa shape index (κ2) is 7.20. The molecule has 112 valence electrons. The highest BCUT2D eigenvalue weighted by Crippen LogP contribution is 2.18. The fourth-order valence-corrected chi connectivity index (χ4v) is 2.92. The second-order valence-electron chi connectivity index (χ2n) is 5.49. The van der Waals surface area contributed by atoms with Gasteiger partial charge >= 0.3 is 0 Å². The molecule has 1 aliphatic rings. The van der Waals surface area contributed by atoms with Gasteiger partial charge < -0.3 is 9.72 Å². The molecule has 0 bridgehead atoms. The Morgan fingerprint density at radius 3 is 2.67 bits per heavy atom. The number of nitrogens with one attached hydrogen (secondary N) is 1. The fraction of sp³-hybridized carbons (Fsp3) is 0.438. The number of hydrogen-bond donors (Lipinski definition) is 1. The Morgan fingerprint density at radius 1 is 1.24 bits per heavy atom. The van der Waals surface area contributed by atoms with Gasteiger partial charge in [0.2, 0.25) is 0 Å². The van der Waals surface area contributed by atoms with Crippen LogP contribution < -0.4 is 0 Å². The molecule has 4 nitrogen and oxygen atoms in total. The number of aromatic nitrogens is 2. The van der Waals surface area contributed by atoms with Crippen molar-refractivity contribution in [1.29, 1.82) is 0 Å². The van der Waals surface area contributed by atoms with Gasteiger partial charge in [-0.15, -0.1) is 0 Å². The van der Waals surface area contributed by atoms with Crippen LogP contribution in [0.1, 0.15) is 24.1 Å². The van der Waals surface area contributed by atoms with Crippen LogP contribution >= 0.6 is 15.9 Å². The molecule has 1 aromatic carbocycles. The minimum Gasteiger partial charge on any atom is -0.372 e. The Bertz CT molecular complexity index is 533. The number of nitrogens with zero attached hydrogens (tertiary/aromatic N) is 2. The first-order valence-corrected chi connectivity index (χ1v) is 8.14. The van der Waals surface area contributed by atoms with Crippen LogP contribution in [0.5, 0.6) is 0 Å². The number of imidazole rings is 1. The number of ether oxygens (including phenoxy) is 1. The van der Waals surface area contributed by atoms with E-state index in [0.29, 0.717) is 12.7 Å². The smallest absolute Gasteiger partial charge is 0.0922 e. The largest absolute Gasteiger partial charge is 0.372 e. The van der Waals surface area contributed by atoms with E-state index in [1.807, 2.05) is 6.20 Å². The average Bonchev–Trinajstić information content (AvgIpc) is 3.02. The van der Waals surface area contributed by atoms with Gasteiger partial charge in [0, 0.05) is 24.1 Å². The summed E-state index contributed by atoms with van der Waals surface area (Å²) in [5.41, 5.74) is 2.42. The summed E-state index contributed by atoms with van der Waals surface area (Å²) in [4.78, 5) is 9.58. The van der Waals surface area contributed by atoms with Crippen LogP contribution in [0, 0.1) is 0 Å². The van der Waals surface area contributed by atoms with Crippen molar-refractivity contribution in [3.05, 3.63) is 52.5 Å². The summed E-state index contributed by atoms with van der Waals surface area (Å²) in [6, 6.07) is 8.58. The summed E-state index contributed by atoms with van der Waals surface area (Å²) < 4.78 is 7.07. The van der Waals surface area contributed by atoms with Crippen LogP contribution in [-0.2, 0) is 17.9 Å². The summed E-state index contributed by atoms with van der Waals surface area (Å²) >= 11 is 3.47. The lowest BCUT2D eigenvalue weighted by Crippen LogP contribution is -2.36. The first-order valence-electron chi connectivity index (χ1n) is 7.35. The van der Waals surface area contributed by atoms with Crippen LogP contribution in [-0.4, -0.2) is 34.1 Å². The van der Waals surface area contributed by atoms with Crippen LogP contribution in [0.4, 0.5) is 0 Å². The number of halogens is 1. The van der Waals surface area contributed by atoms with E-state index < -0.39 is 0 Å². The van der Waals surface area contributed by atoms with Crippen LogP contribution in [0.3, 0.4) is 0 Å². The minimum atomic E-state index is 0.370. The topological polar surface area (TPSA) is 41.1 Å². The highest BCUT2D eigenvalue weighted by Gasteiger charge is 2.19. The molecule has 2 aromatic rings. The van der Waals surface area contributed by atoms with Crippen molar-refractivity contribution in [3.63, 3.8) is 0 Å². The molecule has 21 heavy (non-hydrogen) atoms. The monoisotopic (exact) mass is 349 g/mol. The lowest BCUT2D eigenvalue weighted by molar-refractivity contribution is -0.00511. The van der Waals surface area contributed by atoms with Crippen LogP contribution in [0.15, 0.2) is 41.3 Å². The molecule has 0 unspecified atom stereocenters. The number of likely N-dealkylation sites (tertiary alicyclic amines) is 1. The molecule has 0 amide bonds. The van der Waals surface area contributed by atoms with E-state index in [4.69, 9.17) is 4.74 Å². The molecular weight excluding hydrogens is 330 g/mol. The number of rotatable bonds is 5. The zero-order chi connectivity index (χ0) is 14.5. The van der Waals surface area contributed by atoms with E-state index in [1.165, 1.54) is 5.56 Å². The summed E-state index contributed by atoms with van der Waals surface area (Å²) in [7, 11) is 0. The molecule has 5 heteroatoms. The maximum absolute atomic E-state index is 5.94. The molecule has 0 radical (unpaired) electrons. The van der Waals surface area contributed by atoms with Crippen LogP contribution in [0.2, 0.25) is 0 Å². The summed E-state index contributed by atoms with van der Waals surface area (Å²) in [5, 5.41) is 0. The van der Waals surface area contributed by atoms with E-state index in [-0.39, 0.29) is 0 Å². The Morgan fingerprint density at radius 2 is 2.00 bits per heavy atom. The molecule has 2 heterocycles. The van der Waals surface area contributed by atoms with Crippen molar-refractivity contribution in [2.75, 3.05) is 13.1 Å². The lowest BCUT2D eigenvalue weighted by Gasteiger charge is -2.31. The van der Waals surface area contributed by atoms with Gasteiger partial charge in [-0.1, -0.05) is 28.1 Å². The molecule has 1 fully saturated rings. The molecular formula is C16H20BrN3O. The summed E-state index contributed by atoms with van der Waals surface area (Å²) in [5.74, 6) is 0. The van der Waals surface area contributed by atoms with Gasteiger partial charge in [-0.25, -0.2) is 4.98 Å². The van der Waals surface area contributed by atoms with Crippen molar-refractivity contribution >= 4 is 15.9 Å². The van der Waals surface area contributed by atoms with Gasteiger partial charge in [0.25, 0.3) is 0 Å². The third-order valence-electron chi connectivity index (χ3n) is 3.88. The minimum absolute atomic E-state index is 0.370. The molecule has 1 aliphatic heterocycles. The SMILES string of the molecule is Brc1ccc(CN2CCC(OCc3cnc[nH]3)CC2)cc1. The molecule has 0 aliphatic carbocycles. The zero-order valence-corrected chi connectivity index (χ0v) is 13.6. The maximum Gasteiger partial charge on any atom is 0.0922 e. The van der Waals surface area contributed by atoms with E-state index in [2.05, 4.69) is 55.1 Å². The predicted octanol–water partition coefficient (Wildman–Crippen LogP) is 3.35. The Hall–Kier alpha value is -1.17.